The van der Waals surface area contributed by atoms with Crippen LogP contribution in [-0.2, 0) is 4.74 Å². The number of hydrogen-bond donors (Lipinski definition) is 1. The Bertz CT molecular complexity index is 37.1. The van der Waals surface area contributed by atoms with E-state index in [2.05, 4.69) is 0 Å². The molecular formula is C5H12NO. The van der Waals surface area contributed by atoms with Crippen molar-refractivity contribution in [2.75, 3.05) is 13.7 Å². The van der Waals surface area contributed by atoms with Gasteiger partial charge in [0, 0.05) is 19.8 Å². The van der Waals surface area contributed by atoms with Crippen LogP contribution in [0, 0.1) is 6.04 Å². The molecule has 0 saturated heterocycles. The van der Waals surface area contributed by atoms with Crippen LogP contribution >= 0.6 is 0 Å². The number of rotatable bonds is 3. The molecule has 0 aromatic rings. The Morgan fingerprint density at radius 3 is 2.43 bits per heavy atom. The van der Waals surface area contributed by atoms with Crippen molar-refractivity contribution in [2.45, 2.75) is 13.3 Å². The highest BCUT2D eigenvalue weighted by Gasteiger charge is 1.90. The van der Waals surface area contributed by atoms with Crippen molar-refractivity contribution in [1.82, 2.24) is 0 Å². The van der Waals surface area contributed by atoms with E-state index in [4.69, 9.17) is 10.5 Å². The Hall–Kier alpha value is -0.0800. The first-order valence-electron chi connectivity index (χ1n) is 2.34. The van der Waals surface area contributed by atoms with Gasteiger partial charge in [-0.05, 0) is 13.3 Å². The molecule has 2 heteroatoms. The largest absolute Gasteiger partial charge is 0.385 e. The van der Waals surface area contributed by atoms with Crippen molar-refractivity contribution in [3.63, 3.8) is 0 Å². The maximum absolute atomic E-state index is 5.32. The first-order chi connectivity index (χ1) is 3.27. The summed E-state index contributed by atoms with van der Waals surface area (Å²) in [5.41, 5.74) is 5.32. The van der Waals surface area contributed by atoms with E-state index in [1.54, 1.807) is 7.11 Å². The highest BCUT2D eigenvalue weighted by Crippen LogP contribution is 1.92. The summed E-state index contributed by atoms with van der Waals surface area (Å²) in [5.74, 6) is 0. The Morgan fingerprint density at radius 2 is 2.29 bits per heavy atom. The second kappa shape index (κ2) is 4.09. The molecular weight excluding hydrogens is 90.1 g/mol. The molecule has 1 radical (unpaired) electrons. The molecule has 0 fully saturated rings. The summed E-state index contributed by atoms with van der Waals surface area (Å²) in [4.78, 5) is 0. The molecule has 0 aliphatic rings. The van der Waals surface area contributed by atoms with Gasteiger partial charge in [0.15, 0.2) is 0 Å². The van der Waals surface area contributed by atoms with Crippen LogP contribution < -0.4 is 5.73 Å². The van der Waals surface area contributed by atoms with Crippen LogP contribution in [-0.4, -0.2) is 13.7 Å². The fraction of sp³-hybridized carbons (Fsp3) is 0.800. The third-order valence-corrected chi connectivity index (χ3v) is 0.701. The Labute approximate surface area is 44.7 Å². The lowest BCUT2D eigenvalue weighted by molar-refractivity contribution is 0.197. The molecule has 0 aliphatic heterocycles. The van der Waals surface area contributed by atoms with Crippen LogP contribution in [0.1, 0.15) is 13.3 Å². The zero-order valence-electron chi connectivity index (χ0n) is 4.90. The normalized spacial score (nSPS) is 10.3. The third kappa shape index (κ3) is 5.92. The maximum Gasteiger partial charge on any atom is 0.0480 e. The van der Waals surface area contributed by atoms with Gasteiger partial charge in [-0.1, -0.05) is 0 Å². The van der Waals surface area contributed by atoms with Gasteiger partial charge in [-0.15, -0.1) is 0 Å². The molecule has 0 amide bonds. The van der Waals surface area contributed by atoms with Crippen molar-refractivity contribution in [2.24, 2.45) is 5.73 Å². The van der Waals surface area contributed by atoms with Crippen LogP contribution in [0.4, 0.5) is 0 Å². The minimum absolute atomic E-state index is 0.738. The molecule has 0 saturated carbocycles. The molecule has 0 rings (SSSR count). The average molecular weight is 102 g/mol. The molecule has 43 valence electrons. The summed E-state index contributed by atoms with van der Waals surface area (Å²) in [6.07, 6.45) is 0.872. The van der Waals surface area contributed by atoms with Gasteiger partial charge in [0.1, 0.15) is 0 Å². The van der Waals surface area contributed by atoms with Gasteiger partial charge in [0.25, 0.3) is 0 Å². The highest BCUT2D eigenvalue weighted by molar-refractivity contribution is 4.72. The first-order valence-corrected chi connectivity index (χ1v) is 2.34. The lowest BCUT2D eigenvalue weighted by atomic mass is 10.3. The first kappa shape index (κ1) is 6.92. The van der Waals surface area contributed by atoms with Gasteiger partial charge < -0.3 is 10.5 Å². The Kier molecular flexibility index (Phi) is 4.04. The monoisotopic (exact) mass is 102 g/mol. The minimum atomic E-state index is 0.738. The lowest BCUT2D eigenvalue weighted by Crippen LogP contribution is -2.06. The SMILES string of the molecule is COCC[C](C)N. The molecule has 0 aromatic carbocycles. The average Bonchev–Trinajstić information content (AvgIpc) is 1.61. The van der Waals surface area contributed by atoms with Gasteiger partial charge in [-0.25, -0.2) is 0 Å². The van der Waals surface area contributed by atoms with Crippen LogP contribution in [0.3, 0.4) is 0 Å². The van der Waals surface area contributed by atoms with Crippen molar-refractivity contribution in [1.29, 1.82) is 0 Å². The molecule has 2 nitrogen and oxygen atoms in total. The number of nitrogens with two attached hydrogens (primary N) is 1. The maximum atomic E-state index is 5.32. The zero-order valence-corrected chi connectivity index (χ0v) is 4.90. The predicted molar refractivity (Wildman–Crippen MR) is 29.6 cm³/mol. The van der Waals surface area contributed by atoms with Crippen LogP contribution in [0.25, 0.3) is 0 Å². The van der Waals surface area contributed by atoms with Gasteiger partial charge in [0.2, 0.25) is 0 Å². The van der Waals surface area contributed by atoms with Crippen molar-refractivity contribution in [3.05, 3.63) is 6.04 Å². The lowest BCUT2D eigenvalue weighted by Gasteiger charge is -1.99. The Balaban J connectivity index is 2.68. The quantitative estimate of drug-likeness (QED) is 0.564. The van der Waals surface area contributed by atoms with E-state index in [1.165, 1.54) is 0 Å². The molecule has 0 bridgehead atoms. The van der Waals surface area contributed by atoms with Crippen LogP contribution in [0.5, 0.6) is 0 Å². The van der Waals surface area contributed by atoms with E-state index >= 15 is 0 Å². The smallest absolute Gasteiger partial charge is 0.0480 e. The van der Waals surface area contributed by atoms with Gasteiger partial charge in [0.05, 0.1) is 0 Å². The predicted octanol–water partition coefficient (Wildman–Crippen LogP) is 0.533. The van der Waals surface area contributed by atoms with Crippen molar-refractivity contribution in [3.8, 4) is 0 Å². The number of methoxy groups -OCH3 is 1. The van der Waals surface area contributed by atoms with Gasteiger partial charge in [-0.2, -0.15) is 0 Å². The summed E-state index contributed by atoms with van der Waals surface area (Å²) in [6, 6.07) is 0.932. The fourth-order valence-corrected chi connectivity index (χ4v) is 0.263. The second-order valence-corrected chi connectivity index (χ2v) is 1.59. The van der Waals surface area contributed by atoms with Crippen LogP contribution in [0.15, 0.2) is 0 Å². The topological polar surface area (TPSA) is 35.2 Å². The molecule has 2 N–H and O–H groups in total. The van der Waals surface area contributed by atoms with E-state index in [1.807, 2.05) is 6.92 Å². The van der Waals surface area contributed by atoms with E-state index in [0.29, 0.717) is 0 Å². The fourth-order valence-electron chi connectivity index (χ4n) is 0.263. The molecule has 0 unspecified atom stereocenters. The zero-order chi connectivity index (χ0) is 5.70. The summed E-state index contributed by atoms with van der Waals surface area (Å²) in [7, 11) is 1.67. The van der Waals surface area contributed by atoms with E-state index in [9.17, 15) is 0 Å². The molecule has 0 aromatic heterocycles. The van der Waals surface area contributed by atoms with Gasteiger partial charge >= 0.3 is 0 Å². The third-order valence-electron chi connectivity index (χ3n) is 0.701. The highest BCUT2D eigenvalue weighted by atomic mass is 16.5. The number of hydrogen-bond acceptors (Lipinski definition) is 2. The molecule has 0 atom stereocenters. The van der Waals surface area contributed by atoms with Crippen LogP contribution in [0.2, 0.25) is 0 Å². The van der Waals surface area contributed by atoms with Gasteiger partial charge in [-0.3, -0.25) is 0 Å². The molecule has 0 spiro atoms. The summed E-state index contributed by atoms with van der Waals surface area (Å²) in [5, 5.41) is 0. The summed E-state index contributed by atoms with van der Waals surface area (Å²) in [6.45, 7) is 2.63. The number of ether oxygens (including phenoxy) is 1. The van der Waals surface area contributed by atoms with E-state index < -0.39 is 0 Å². The minimum Gasteiger partial charge on any atom is -0.385 e. The Morgan fingerprint density at radius 1 is 1.71 bits per heavy atom. The molecule has 7 heavy (non-hydrogen) atoms. The summed E-state index contributed by atoms with van der Waals surface area (Å²) < 4.78 is 4.75. The van der Waals surface area contributed by atoms with Crippen molar-refractivity contribution >= 4 is 0 Å². The van der Waals surface area contributed by atoms with E-state index in [-0.39, 0.29) is 0 Å². The van der Waals surface area contributed by atoms with Crippen molar-refractivity contribution < 1.29 is 4.74 Å². The standard InChI is InChI=1S/C5H12NO/c1-5(6)3-4-7-2/h3-4,6H2,1-2H3. The summed E-state index contributed by atoms with van der Waals surface area (Å²) >= 11 is 0. The molecule has 0 heterocycles. The van der Waals surface area contributed by atoms with E-state index in [0.717, 1.165) is 19.1 Å². The second-order valence-electron chi connectivity index (χ2n) is 1.59. The molecule has 0 aliphatic carbocycles.